The lowest BCUT2D eigenvalue weighted by atomic mass is 10.1. The van der Waals surface area contributed by atoms with Crippen molar-refractivity contribution in [3.8, 4) is 0 Å². The molecule has 1 aliphatic rings. The Morgan fingerprint density at radius 1 is 1.50 bits per heavy atom. The van der Waals surface area contributed by atoms with E-state index in [0.29, 0.717) is 19.1 Å². The summed E-state index contributed by atoms with van der Waals surface area (Å²) in [5.41, 5.74) is 2.66. The largest absolute Gasteiger partial charge is 0.310 e. The van der Waals surface area contributed by atoms with E-state index in [1.165, 1.54) is 10.6 Å². The average molecular weight is 267 g/mol. The first-order chi connectivity index (χ1) is 7.43. The van der Waals surface area contributed by atoms with Gasteiger partial charge in [-0.15, -0.1) is 0 Å². The molecule has 0 unspecified atom stereocenters. The molecule has 4 nitrogen and oxygen atoms in total. The van der Waals surface area contributed by atoms with Crippen LogP contribution in [0.4, 0.5) is 0 Å². The maximum atomic E-state index is 11.3. The van der Waals surface area contributed by atoms with Crippen molar-refractivity contribution in [2.45, 2.75) is 25.8 Å². The Balaban J connectivity index is 2.33. The van der Waals surface area contributed by atoms with Crippen molar-refractivity contribution in [2.75, 3.05) is 25.9 Å². The van der Waals surface area contributed by atoms with Gasteiger partial charge in [-0.05, 0) is 25.3 Å². The fraction of sp³-hybridized carbons (Fsp3) is 0.800. The molecule has 0 atom stereocenters. The predicted octanol–water partition coefficient (Wildman–Crippen LogP) is 1.14. The standard InChI is InChI=1S/C10H19ClN2O2S/c1-9(7-11)8-12-10-3-5-13(6-4-10)16(2,14)15/h7,10,12H,3-6,8H2,1-2H3. The first-order valence-corrected chi connectivity index (χ1v) is 7.66. The third kappa shape index (κ3) is 4.41. The van der Waals surface area contributed by atoms with Crippen LogP contribution in [0.15, 0.2) is 11.1 Å². The SMILES string of the molecule is CC(=CCl)CNC1CCN(S(C)(=O)=O)CC1. The Morgan fingerprint density at radius 3 is 2.50 bits per heavy atom. The summed E-state index contributed by atoms with van der Waals surface area (Å²) >= 11 is 5.56. The zero-order valence-corrected chi connectivity index (χ0v) is 11.3. The van der Waals surface area contributed by atoms with Gasteiger partial charge in [-0.1, -0.05) is 11.6 Å². The van der Waals surface area contributed by atoms with Crippen LogP contribution >= 0.6 is 11.6 Å². The average Bonchev–Trinajstić information content (AvgIpc) is 2.25. The summed E-state index contributed by atoms with van der Waals surface area (Å²) in [5.74, 6) is 0. The summed E-state index contributed by atoms with van der Waals surface area (Å²) in [6.07, 6.45) is 2.99. The van der Waals surface area contributed by atoms with Gasteiger partial charge in [0.2, 0.25) is 10.0 Å². The Labute approximate surface area is 103 Å². The predicted molar refractivity (Wildman–Crippen MR) is 67.1 cm³/mol. The number of halogens is 1. The Hall–Kier alpha value is -0.100. The zero-order chi connectivity index (χ0) is 12.2. The van der Waals surface area contributed by atoms with Crippen LogP contribution in [0.5, 0.6) is 0 Å². The summed E-state index contributed by atoms with van der Waals surface area (Å²) in [6.45, 7) is 3.96. The van der Waals surface area contributed by atoms with Crippen molar-refractivity contribution < 1.29 is 8.42 Å². The van der Waals surface area contributed by atoms with Crippen molar-refractivity contribution in [3.63, 3.8) is 0 Å². The van der Waals surface area contributed by atoms with E-state index in [1.807, 2.05) is 6.92 Å². The van der Waals surface area contributed by atoms with Crippen LogP contribution in [-0.4, -0.2) is 44.7 Å². The molecule has 6 heteroatoms. The van der Waals surface area contributed by atoms with Crippen LogP contribution in [0, 0.1) is 0 Å². The number of nitrogens with zero attached hydrogens (tertiary/aromatic N) is 1. The number of rotatable bonds is 4. The molecule has 0 aliphatic carbocycles. The molecule has 1 rings (SSSR count). The highest BCUT2D eigenvalue weighted by atomic mass is 35.5. The molecule has 0 bridgehead atoms. The fourth-order valence-corrected chi connectivity index (χ4v) is 2.69. The molecule has 1 N–H and O–H groups in total. The van der Waals surface area contributed by atoms with Crippen LogP contribution in [-0.2, 0) is 10.0 Å². The molecule has 1 saturated heterocycles. The number of sulfonamides is 1. The van der Waals surface area contributed by atoms with E-state index in [4.69, 9.17) is 11.6 Å². The minimum absolute atomic E-state index is 0.393. The van der Waals surface area contributed by atoms with Gasteiger partial charge in [0.05, 0.1) is 6.26 Å². The highest BCUT2D eigenvalue weighted by Gasteiger charge is 2.24. The molecule has 0 spiro atoms. The van der Waals surface area contributed by atoms with E-state index < -0.39 is 10.0 Å². The molecule has 1 aliphatic heterocycles. The maximum Gasteiger partial charge on any atom is 0.211 e. The van der Waals surface area contributed by atoms with Gasteiger partial charge in [0, 0.05) is 31.2 Å². The Morgan fingerprint density at radius 2 is 2.06 bits per heavy atom. The van der Waals surface area contributed by atoms with Crippen LogP contribution < -0.4 is 5.32 Å². The van der Waals surface area contributed by atoms with Gasteiger partial charge in [-0.2, -0.15) is 0 Å². The quantitative estimate of drug-likeness (QED) is 0.830. The first kappa shape index (κ1) is 14.0. The van der Waals surface area contributed by atoms with Crippen LogP contribution in [0.2, 0.25) is 0 Å². The van der Waals surface area contributed by atoms with Crippen LogP contribution in [0.3, 0.4) is 0 Å². The second-order valence-electron chi connectivity index (χ2n) is 4.27. The normalized spacial score (nSPS) is 21.3. The second kappa shape index (κ2) is 6.00. The van der Waals surface area contributed by atoms with E-state index in [2.05, 4.69) is 5.32 Å². The molecule has 0 aromatic carbocycles. The lowest BCUT2D eigenvalue weighted by Crippen LogP contribution is -2.44. The van der Waals surface area contributed by atoms with Crippen molar-refractivity contribution in [1.29, 1.82) is 0 Å². The highest BCUT2D eigenvalue weighted by molar-refractivity contribution is 7.88. The van der Waals surface area contributed by atoms with E-state index >= 15 is 0 Å². The lowest BCUT2D eigenvalue weighted by molar-refractivity contribution is 0.295. The Bertz CT molecular complexity index is 346. The lowest BCUT2D eigenvalue weighted by Gasteiger charge is -2.30. The molecule has 0 aromatic heterocycles. The molecule has 16 heavy (non-hydrogen) atoms. The minimum atomic E-state index is -3.01. The fourth-order valence-electron chi connectivity index (χ4n) is 1.74. The smallest absolute Gasteiger partial charge is 0.211 e. The van der Waals surface area contributed by atoms with Gasteiger partial charge >= 0.3 is 0 Å². The summed E-state index contributed by atoms with van der Waals surface area (Å²) in [4.78, 5) is 0. The van der Waals surface area contributed by atoms with E-state index in [1.54, 1.807) is 5.54 Å². The second-order valence-corrected chi connectivity index (χ2v) is 6.47. The maximum absolute atomic E-state index is 11.3. The molecular formula is C10H19ClN2O2S. The van der Waals surface area contributed by atoms with Gasteiger partial charge in [-0.25, -0.2) is 12.7 Å². The van der Waals surface area contributed by atoms with Gasteiger partial charge < -0.3 is 5.32 Å². The van der Waals surface area contributed by atoms with Gasteiger partial charge in [0.1, 0.15) is 0 Å². The van der Waals surface area contributed by atoms with Crippen molar-refractivity contribution in [2.24, 2.45) is 0 Å². The van der Waals surface area contributed by atoms with E-state index in [-0.39, 0.29) is 0 Å². The number of piperidine rings is 1. The molecular weight excluding hydrogens is 248 g/mol. The monoisotopic (exact) mass is 266 g/mol. The summed E-state index contributed by atoms with van der Waals surface area (Å²) in [5, 5.41) is 3.37. The van der Waals surface area contributed by atoms with E-state index in [0.717, 1.165) is 25.0 Å². The van der Waals surface area contributed by atoms with Crippen LogP contribution in [0.25, 0.3) is 0 Å². The van der Waals surface area contributed by atoms with Crippen LogP contribution in [0.1, 0.15) is 19.8 Å². The third-order valence-corrected chi connectivity index (χ3v) is 4.45. The van der Waals surface area contributed by atoms with Crippen molar-refractivity contribution >= 4 is 21.6 Å². The molecule has 0 aromatic rings. The number of hydrogen-bond donors (Lipinski definition) is 1. The molecule has 0 amide bonds. The first-order valence-electron chi connectivity index (χ1n) is 5.38. The van der Waals surface area contributed by atoms with Gasteiger partial charge in [-0.3, -0.25) is 0 Å². The summed E-state index contributed by atoms with van der Waals surface area (Å²) in [6, 6.07) is 0.393. The molecule has 0 saturated carbocycles. The zero-order valence-electron chi connectivity index (χ0n) is 9.74. The van der Waals surface area contributed by atoms with Gasteiger partial charge in [0.25, 0.3) is 0 Å². The number of nitrogens with one attached hydrogen (secondary N) is 1. The van der Waals surface area contributed by atoms with Crippen molar-refractivity contribution in [1.82, 2.24) is 9.62 Å². The molecule has 1 fully saturated rings. The summed E-state index contributed by atoms with van der Waals surface area (Å²) < 4.78 is 24.1. The van der Waals surface area contributed by atoms with Gasteiger partial charge in [0.15, 0.2) is 0 Å². The third-order valence-electron chi connectivity index (χ3n) is 2.78. The van der Waals surface area contributed by atoms with Crippen molar-refractivity contribution in [3.05, 3.63) is 11.1 Å². The summed E-state index contributed by atoms with van der Waals surface area (Å²) in [7, 11) is -3.01. The van der Waals surface area contributed by atoms with E-state index in [9.17, 15) is 8.42 Å². The number of hydrogen-bond acceptors (Lipinski definition) is 3. The topological polar surface area (TPSA) is 49.4 Å². The Kier molecular flexibility index (Phi) is 5.24. The highest BCUT2D eigenvalue weighted by Crippen LogP contribution is 2.13. The minimum Gasteiger partial charge on any atom is -0.310 e. The molecule has 94 valence electrons. The molecule has 0 radical (unpaired) electrons. The molecule has 1 heterocycles.